The Balaban J connectivity index is 2.31. The number of benzene rings is 1. The minimum absolute atomic E-state index is 0.0961. The van der Waals surface area contributed by atoms with Gasteiger partial charge in [-0.25, -0.2) is 9.37 Å². The van der Waals surface area contributed by atoms with Gasteiger partial charge in [-0.1, -0.05) is 17.7 Å². The highest BCUT2D eigenvalue weighted by molar-refractivity contribution is 6.29. The molecule has 0 unspecified atom stereocenters. The average molecular weight is 269 g/mol. The van der Waals surface area contributed by atoms with Crippen LogP contribution < -0.4 is 10.3 Å². The quantitative estimate of drug-likeness (QED) is 0.801. The lowest BCUT2D eigenvalue weighted by atomic mass is 10.2. The summed E-state index contributed by atoms with van der Waals surface area (Å²) in [7, 11) is 1.46. The zero-order valence-electron chi connectivity index (χ0n) is 9.56. The van der Waals surface area contributed by atoms with Crippen LogP contribution in [-0.4, -0.2) is 16.7 Å². The summed E-state index contributed by atoms with van der Waals surface area (Å²) in [6, 6.07) is 5.65. The largest absolute Gasteiger partial charge is 0.497 e. The predicted octanol–water partition coefficient (Wildman–Crippen LogP) is 2.09. The maximum atomic E-state index is 13.7. The standard InChI is InChI=1S/C12H10ClFN2O2/c1-18-9-3-2-8(10(14)4-9)6-16-7-15-11(13)5-12(16)17/h2-5,7H,6H2,1H3. The van der Waals surface area contributed by atoms with Crippen LogP contribution in [0.15, 0.2) is 35.4 Å². The molecule has 1 heterocycles. The number of methoxy groups -OCH3 is 1. The van der Waals surface area contributed by atoms with Crippen molar-refractivity contribution in [3.8, 4) is 5.75 Å². The molecule has 6 heteroatoms. The van der Waals surface area contributed by atoms with Crippen molar-refractivity contribution in [2.75, 3.05) is 7.11 Å². The van der Waals surface area contributed by atoms with Crippen molar-refractivity contribution >= 4 is 11.6 Å². The smallest absolute Gasteiger partial charge is 0.255 e. The fourth-order valence-electron chi connectivity index (χ4n) is 1.49. The van der Waals surface area contributed by atoms with Crippen LogP contribution in [0.4, 0.5) is 4.39 Å². The maximum Gasteiger partial charge on any atom is 0.255 e. The van der Waals surface area contributed by atoms with Gasteiger partial charge in [0.25, 0.3) is 5.56 Å². The first-order chi connectivity index (χ1) is 8.60. The van der Waals surface area contributed by atoms with Gasteiger partial charge in [0.15, 0.2) is 0 Å². The molecule has 0 N–H and O–H groups in total. The van der Waals surface area contributed by atoms with Gasteiger partial charge in [-0.3, -0.25) is 9.36 Å². The zero-order chi connectivity index (χ0) is 13.1. The molecule has 0 saturated heterocycles. The van der Waals surface area contributed by atoms with Gasteiger partial charge >= 0.3 is 0 Å². The molecule has 0 bridgehead atoms. The molecule has 2 aromatic rings. The summed E-state index contributed by atoms with van der Waals surface area (Å²) in [4.78, 5) is 15.4. The molecule has 1 aromatic heterocycles. The lowest BCUT2D eigenvalue weighted by molar-refractivity contribution is 0.410. The van der Waals surface area contributed by atoms with E-state index in [0.717, 1.165) is 0 Å². The molecule has 2 rings (SSSR count). The number of ether oxygens (including phenoxy) is 1. The van der Waals surface area contributed by atoms with Crippen LogP contribution in [-0.2, 0) is 6.54 Å². The zero-order valence-corrected chi connectivity index (χ0v) is 10.3. The summed E-state index contributed by atoms with van der Waals surface area (Å²) >= 11 is 5.58. The maximum absolute atomic E-state index is 13.7. The van der Waals surface area contributed by atoms with E-state index in [1.807, 2.05) is 0 Å². The Hall–Kier alpha value is -1.88. The summed E-state index contributed by atoms with van der Waals surface area (Å²) in [5.74, 6) is -0.00553. The predicted molar refractivity (Wildman–Crippen MR) is 65.6 cm³/mol. The number of nitrogens with zero attached hydrogens (tertiary/aromatic N) is 2. The number of hydrogen-bond acceptors (Lipinski definition) is 3. The summed E-state index contributed by atoms with van der Waals surface area (Å²) in [6.07, 6.45) is 1.29. The molecule has 0 spiro atoms. The van der Waals surface area contributed by atoms with Crippen LogP contribution in [0.2, 0.25) is 5.15 Å². The van der Waals surface area contributed by atoms with E-state index in [0.29, 0.717) is 11.3 Å². The molecule has 18 heavy (non-hydrogen) atoms. The van der Waals surface area contributed by atoms with E-state index in [1.54, 1.807) is 12.1 Å². The summed E-state index contributed by atoms with van der Waals surface area (Å²) in [5.41, 5.74) is 0.0484. The molecule has 0 atom stereocenters. The fraction of sp³-hybridized carbons (Fsp3) is 0.167. The van der Waals surface area contributed by atoms with Crippen LogP contribution in [0.25, 0.3) is 0 Å². The molecular weight excluding hydrogens is 259 g/mol. The van der Waals surface area contributed by atoms with Gasteiger partial charge in [-0.05, 0) is 6.07 Å². The number of halogens is 2. The normalized spacial score (nSPS) is 10.4. The van der Waals surface area contributed by atoms with Crippen molar-refractivity contribution in [3.05, 3.63) is 57.5 Å². The van der Waals surface area contributed by atoms with Crippen LogP contribution in [0.3, 0.4) is 0 Å². The van der Waals surface area contributed by atoms with Gasteiger partial charge in [0.1, 0.15) is 16.7 Å². The van der Waals surface area contributed by atoms with Crippen molar-refractivity contribution < 1.29 is 9.13 Å². The molecule has 0 aliphatic rings. The van der Waals surface area contributed by atoms with E-state index >= 15 is 0 Å². The third kappa shape index (κ3) is 2.68. The first kappa shape index (κ1) is 12.6. The van der Waals surface area contributed by atoms with Crippen molar-refractivity contribution in [3.63, 3.8) is 0 Å². The van der Waals surface area contributed by atoms with Gasteiger partial charge in [-0.2, -0.15) is 0 Å². The molecule has 0 aliphatic heterocycles. The Bertz CT molecular complexity index is 628. The Kier molecular flexibility index (Phi) is 3.62. The molecule has 0 fully saturated rings. The SMILES string of the molecule is COc1ccc(Cn2cnc(Cl)cc2=O)c(F)c1. The van der Waals surface area contributed by atoms with E-state index in [-0.39, 0.29) is 17.3 Å². The molecule has 0 amide bonds. The highest BCUT2D eigenvalue weighted by Crippen LogP contribution is 2.16. The lowest BCUT2D eigenvalue weighted by Crippen LogP contribution is -2.20. The van der Waals surface area contributed by atoms with E-state index in [2.05, 4.69) is 4.98 Å². The molecule has 0 saturated carbocycles. The summed E-state index contributed by atoms with van der Waals surface area (Å²) < 4.78 is 19.9. The van der Waals surface area contributed by atoms with Crippen molar-refractivity contribution in [2.45, 2.75) is 6.54 Å². The number of aromatic nitrogens is 2. The third-order valence-corrected chi connectivity index (χ3v) is 2.65. The van der Waals surface area contributed by atoms with Crippen molar-refractivity contribution in [1.82, 2.24) is 9.55 Å². The van der Waals surface area contributed by atoms with Gasteiger partial charge < -0.3 is 4.74 Å². The minimum Gasteiger partial charge on any atom is -0.497 e. The molecule has 4 nitrogen and oxygen atoms in total. The number of rotatable bonds is 3. The second-order valence-electron chi connectivity index (χ2n) is 3.64. The van der Waals surface area contributed by atoms with Gasteiger partial charge in [0, 0.05) is 17.7 Å². The van der Waals surface area contributed by atoms with Crippen LogP contribution in [0.1, 0.15) is 5.56 Å². The second kappa shape index (κ2) is 5.18. The van der Waals surface area contributed by atoms with Crippen LogP contribution in [0.5, 0.6) is 5.75 Å². The van der Waals surface area contributed by atoms with E-state index in [9.17, 15) is 9.18 Å². The van der Waals surface area contributed by atoms with Crippen molar-refractivity contribution in [1.29, 1.82) is 0 Å². The first-order valence-electron chi connectivity index (χ1n) is 5.14. The molecule has 0 radical (unpaired) electrons. The van der Waals surface area contributed by atoms with Gasteiger partial charge in [0.05, 0.1) is 20.0 Å². The van der Waals surface area contributed by atoms with Crippen molar-refractivity contribution in [2.24, 2.45) is 0 Å². The van der Waals surface area contributed by atoms with E-state index in [4.69, 9.17) is 16.3 Å². The third-order valence-electron chi connectivity index (χ3n) is 2.45. The monoisotopic (exact) mass is 268 g/mol. The summed E-state index contributed by atoms with van der Waals surface area (Å²) in [5, 5.41) is 0.117. The highest BCUT2D eigenvalue weighted by Gasteiger charge is 2.06. The lowest BCUT2D eigenvalue weighted by Gasteiger charge is -2.07. The molecular formula is C12H10ClFN2O2. The Morgan fingerprint density at radius 3 is 2.83 bits per heavy atom. The van der Waals surface area contributed by atoms with Crippen LogP contribution in [0, 0.1) is 5.82 Å². The first-order valence-corrected chi connectivity index (χ1v) is 5.52. The fourth-order valence-corrected chi connectivity index (χ4v) is 1.63. The molecule has 0 aliphatic carbocycles. The second-order valence-corrected chi connectivity index (χ2v) is 4.02. The van der Waals surface area contributed by atoms with Gasteiger partial charge in [0.2, 0.25) is 0 Å². The number of hydrogen-bond donors (Lipinski definition) is 0. The highest BCUT2D eigenvalue weighted by atomic mass is 35.5. The Labute approximate surface area is 108 Å². The summed E-state index contributed by atoms with van der Waals surface area (Å²) in [6.45, 7) is 0.0961. The Morgan fingerprint density at radius 2 is 2.22 bits per heavy atom. The minimum atomic E-state index is -0.434. The molecule has 94 valence electrons. The van der Waals surface area contributed by atoms with E-state index in [1.165, 1.54) is 30.1 Å². The molecule has 1 aromatic carbocycles. The Morgan fingerprint density at radius 1 is 1.44 bits per heavy atom. The van der Waals surface area contributed by atoms with E-state index < -0.39 is 5.82 Å². The van der Waals surface area contributed by atoms with Crippen LogP contribution >= 0.6 is 11.6 Å². The average Bonchev–Trinajstić information content (AvgIpc) is 2.34. The topological polar surface area (TPSA) is 44.1 Å². The van der Waals surface area contributed by atoms with Gasteiger partial charge in [-0.15, -0.1) is 0 Å².